The van der Waals surface area contributed by atoms with Gasteiger partial charge in [-0.2, -0.15) is 4.98 Å². The van der Waals surface area contributed by atoms with Gasteiger partial charge in [0.2, 0.25) is 5.95 Å². The largest absolute Gasteiger partial charge is 0.355 e. The van der Waals surface area contributed by atoms with Crippen LogP contribution in [0.2, 0.25) is 0 Å². The summed E-state index contributed by atoms with van der Waals surface area (Å²) in [6.45, 7) is 4.36. The fourth-order valence-electron chi connectivity index (χ4n) is 5.08. The summed E-state index contributed by atoms with van der Waals surface area (Å²) in [5, 5.41) is 14.3. The van der Waals surface area contributed by atoms with Crippen molar-refractivity contribution < 1.29 is 0 Å². The van der Waals surface area contributed by atoms with Gasteiger partial charge in [0.1, 0.15) is 5.65 Å². The molecule has 6 rings (SSSR count). The summed E-state index contributed by atoms with van der Waals surface area (Å²) in [4.78, 5) is 16.1. The molecule has 1 atom stereocenters. The van der Waals surface area contributed by atoms with Gasteiger partial charge in [0.05, 0.1) is 11.7 Å². The molecule has 1 aliphatic heterocycles. The Kier molecular flexibility index (Phi) is 4.44. The van der Waals surface area contributed by atoms with Crippen molar-refractivity contribution >= 4 is 39.5 Å². The summed E-state index contributed by atoms with van der Waals surface area (Å²) in [5.74, 6) is 2.83. The molecule has 2 aliphatic rings. The van der Waals surface area contributed by atoms with Crippen molar-refractivity contribution in [1.82, 2.24) is 29.7 Å². The molecular formula is C23H26N8. The van der Waals surface area contributed by atoms with E-state index in [9.17, 15) is 0 Å². The lowest BCUT2D eigenvalue weighted by Crippen LogP contribution is -2.20. The quantitative estimate of drug-likeness (QED) is 0.527. The van der Waals surface area contributed by atoms with Gasteiger partial charge in [0.25, 0.3) is 0 Å². The summed E-state index contributed by atoms with van der Waals surface area (Å²) in [6, 6.07) is 6.50. The second-order valence-corrected chi connectivity index (χ2v) is 8.87. The minimum atomic E-state index is 0.467. The lowest BCUT2D eigenvalue weighted by Gasteiger charge is -2.16. The van der Waals surface area contributed by atoms with Gasteiger partial charge >= 0.3 is 0 Å². The highest BCUT2D eigenvalue weighted by Gasteiger charge is 2.23. The number of hydrogen-bond acceptors (Lipinski definition) is 7. The zero-order valence-corrected chi connectivity index (χ0v) is 17.7. The van der Waals surface area contributed by atoms with Crippen molar-refractivity contribution in [2.24, 2.45) is 5.92 Å². The molecule has 5 heterocycles. The molecule has 2 fully saturated rings. The van der Waals surface area contributed by atoms with Crippen molar-refractivity contribution in [1.29, 1.82) is 0 Å². The van der Waals surface area contributed by atoms with Crippen LogP contribution in [0.25, 0.3) is 21.9 Å². The predicted molar refractivity (Wildman–Crippen MR) is 122 cm³/mol. The van der Waals surface area contributed by atoms with Gasteiger partial charge in [0.15, 0.2) is 11.6 Å². The Morgan fingerprint density at radius 1 is 1.00 bits per heavy atom. The number of fused-ring (bicyclic) bond motifs is 3. The average molecular weight is 415 g/mol. The topological polar surface area (TPSA) is 84.6 Å². The van der Waals surface area contributed by atoms with Crippen LogP contribution >= 0.6 is 0 Å². The fraction of sp³-hybridized carbons (Fsp3) is 0.435. The molecule has 0 bridgehead atoms. The Morgan fingerprint density at radius 3 is 2.68 bits per heavy atom. The third kappa shape index (κ3) is 3.26. The molecule has 1 saturated heterocycles. The van der Waals surface area contributed by atoms with Gasteiger partial charge in [-0.05, 0) is 43.4 Å². The molecular weight excluding hydrogens is 388 g/mol. The molecule has 1 aliphatic carbocycles. The monoisotopic (exact) mass is 414 g/mol. The first-order chi connectivity index (χ1) is 15.3. The SMILES string of the molecule is C[C@@H]1CCN(c2ccc(Nc3ncc4c5ccncc5n(C5CCCC5)c4n3)nn2)C1. The molecule has 8 heteroatoms. The lowest BCUT2D eigenvalue weighted by atomic mass is 10.2. The zero-order valence-electron chi connectivity index (χ0n) is 17.7. The Morgan fingerprint density at radius 2 is 1.90 bits per heavy atom. The molecule has 0 amide bonds. The third-order valence-electron chi connectivity index (χ3n) is 6.67. The van der Waals surface area contributed by atoms with Crippen LogP contribution in [0.3, 0.4) is 0 Å². The number of pyridine rings is 1. The van der Waals surface area contributed by atoms with Crippen LogP contribution in [-0.4, -0.2) is 42.8 Å². The zero-order chi connectivity index (χ0) is 20.8. The van der Waals surface area contributed by atoms with Crippen molar-refractivity contribution in [2.75, 3.05) is 23.3 Å². The molecule has 0 unspecified atom stereocenters. The maximum absolute atomic E-state index is 4.90. The molecule has 1 N–H and O–H groups in total. The van der Waals surface area contributed by atoms with Crippen molar-refractivity contribution in [3.8, 4) is 0 Å². The summed E-state index contributed by atoms with van der Waals surface area (Å²) in [5.41, 5.74) is 2.10. The molecule has 1 saturated carbocycles. The second-order valence-electron chi connectivity index (χ2n) is 8.87. The lowest BCUT2D eigenvalue weighted by molar-refractivity contribution is 0.546. The molecule has 0 radical (unpaired) electrons. The predicted octanol–water partition coefficient (Wildman–Crippen LogP) is 4.47. The molecule has 8 nitrogen and oxygen atoms in total. The van der Waals surface area contributed by atoms with Crippen molar-refractivity contribution in [3.63, 3.8) is 0 Å². The van der Waals surface area contributed by atoms with Crippen LogP contribution in [0, 0.1) is 5.92 Å². The summed E-state index contributed by atoms with van der Waals surface area (Å²) >= 11 is 0. The number of anilines is 3. The van der Waals surface area contributed by atoms with Gasteiger partial charge < -0.3 is 14.8 Å². The number of rotatable bonds is 4. The smallest absolute Gasteiger partial charge is 0.230 e. The molecule has 158 valence electrons. The van der Waals surface area contributed by atoms with Gasteiger partial charge in [-0.15, -0.1) is 10.2 Å². The van der Waals surface area contributed by atoms with E-state index in [1.165, 1.54) is 32.1 Å². The van der Waals surface area contributed by atoms with Crippen LogP contribution < -0.4 is 10.2 Å². The van der Waals surface area contributed by atoms with E-state index in [0.29, 0.717) is 23.7 Å². The van der Waals surface area contributed by atoms with E-state index < -0.39 is 0 Å². The highest BCUT2D eigenvalue weighted by molar-refractivity contribution is 6.06. The first-order valence-corrected chi connectivity index (χ1v) is 11.2. The standard InChI is InChI=1S/C23H26N8/c1-15-9-11-30(14-15)21-7-6-20(28-29-21)26-23-25-12-18-17-8-10-24-13-19(17)31(22(18)27-23)16-4-2-3-5-16/h6-8,10,12-13,15-16H,2-5,9,11,14H2,1H3,(H,25,26,27,28)/t15-/m1/s1. The Labute approximate surface area is 180 Å². The van der Waals surface area contributed by atoms with Crippen LogP contribution in [0.5, 0.6) is 0 Å². The number of nitrogens with one attached hydrogen (secondary N) is 1. The highest BCUT2D eigenvalue weighted by Crippen LogP contribution is 2.37. The fourth-order valence-corrected chi connectivity index (χ4v) is 5.08. The second kappa shape index (κ2) is 7.44. The van der Waals surface area contributed by atoms with Crippen molar-refractivity contribution in [3.05, 3.63) is 36.8 Å². The van der Waals surface area contributed by atoms with Crippen LogP contribution in [0.15, 0.2) is 36.8 Å². The van der Waals surface area contributed by atoms with Gasteiger partial charge in [-0.25, -0.2) is 4.98 Å². The average Bonchev–Trinajstić information content (AvgIpc) is 3.53. The van der Waals surface area contributed by atoms with E-state index in [2.05, 4.69) is 47.9 Å². The first kappa shape index (κ1) is 18.5. The van der Waals surface area contributed by atoms with E-state index in [0.717, 1.165) is 40.8 Å². The highest BCUT2D eigenvalue weighted by atomic mass is 15.3. The maximum Gasteiger partial charge on any atom is 0.230 e. The normalized spacial score (nSPS) is 19.6. The molecule has 4 aromatic heterocycles. The molecule has 31 heavy (non-hydrogen) atoms. The number of nitrogens with zero attached hydrogens (tertiary/aromatic N) is 7. The minimum absolute atomic E-state index is 0.467. The molecule has 0 aromatic carbocycles. The Bertz CT molecular complexity index is 1230. The van der Waals surface area contributed by atoms with E-state index in [1.807, 2.05) is 30.7 Å². The number of aromatic nitrogens is 6. The first-order valence-electron chi connectivity index (χ1n) is 11.2. The maximum atomic E-state index is 4.90. The third-order valence-corrected chi connectivity index (χ3v) is 6.67. The van der Waals surface area contributed by atoms with E-state index in [-0.39, 0.29) is 0 Å². The van der Waals surface area contributed by atoms with Crippen LogP contribution in [0.4, 0.5) is 17.6 Å². The summed E-state index contributed by atoms with van der Waals surface area (Å²) < 4.78 is 2.36. The van der Waals surface area contributed by atoms with Gasteiger partial charge in [0, 0.05) is 42.3 Å². The number of hydrogen-bond donors (Lipinski definition) is 1. The summed E-state index contributed by atoms with van der Waals surface area (Å²) in [7, 11) is 0. The van der Waals surface area contributed by atoms with Crippen molar-refractivity contribution in [2.45, 2.75) is 45.1 Å². The molecule has 0 spiro atoms. The van der Waals surface area contributed by atoms with E-state index in [1.54, 1.807) is 0 Å². The summed E-state index contributed by atoms with van der Waals surface area (Å²) in [6.07, 6.45) is 11.8. The van der Waals surface area contributed by atoms with Gasteiger partial charge in [-0.3, -0.25) is 4.98 Å². The Hall–Kier alpha value is -3.29. The van der Waals surface area contributed by atoms with Crippen LogP contribution in [-0.2, 0) is 0 Å². The van der Waals surface area contributed by atoms with E-state index >= 15 is 0 Å². The molecule has 4 aromatic rings. The minimum Gasteiger partial charge on any atom is -0.355 e. The van der Waals surface area contributed by atoms with E-state index in [4.69, 9.17) is 4.98 Å². The van der Waals surface area contributed by atoms with Crippen LogP contribution in [0.1, 0.15) is 45.1 Å². The van der Waals surface area contributed by atoms with Gasteiger partial charge in [-0.1, -0.05) is 19.8 Å². The Balaban J connectivity index is 1.33.